The normalized spacial score (nSPS) is 33.0. The highest BCUT2D eigenvalue weighted by Crippen LogP contribution is 2.37. The highest BCUT2D eigenvalue weighted by molar-refractivity contribution is 4.99. The summed E-state index contributed by atoms with van der Waals surface area (Å²) < 4.78 is 11.4. The number of likely N-dealkylation sites (N-methyl/N-ethyl adjacent to an activating group) is 1. The lowest BCUT2D eigenvalue weighted by Crippen LogP contribution is -2.60. The Morgan fingerprint density at radius 3 is 2.67 bits per heavy atom. The van der Waals surface area contributed by atoms with E-state index >= 15 is 0 Å². The number of nitrogens with two attached hydrogens (primary N) is 1. The molecule has 0 aromatic heterocycles. The van der Waals surface area contributed by atoms with Crippen molar-refractivity contribution in [3.05, 3.63) is 0 Å². The van der Waals surface area contributed by atoms with Crippen molar-refractivity contribution in [2.75, 3.05) is 40.0 Å². The van der Waals surface area contributed by atoms with Gasteiger partial charge in [-0.1, -0.05) is 6.92 Å². The molecule has 18 heavy (non-hydrogen) atoms. The van der Waals surface area contributed by atoms with Crippen molar-refractivity contribution in [2.45, 2.75) is 51.2 Å². The fourth-order valence-corrected chi connectivity index (χ4v) is 2.79. The Balaban J connectivity index is 2.65. The summed E-state index contributed by atoms with van der Waals surface area (Å²) in [5.74, 6) is 0. The van der Waals surface area contributed by atoms with E-state index in [0.717, 1.165) is 45.6 Å². The molecule has 2 N–H and O–H groups in total. The molecule has 0 aromatic rings. The molecule has 1 rings (SSSR count). The van der Waals surface area contributed by atoms with Crippen molar-refractivity contribution >= 4 is 0 Å². The molecule has 0 saturated carbocycles. The van der Waals surface area contributed by atoms with Crippen molar-refractivity contribution in [1.82, 2.24) is 4.90 Å². The van der Waals surface area contributed by atoms with E-state index in [1.807, 2.05) is 6.92 Å². The van der Waals surface area contributed by atoms with E-state index in [4.69, 9.17) is 15.2 Å². The minimum Gasteiger partial charge on any atom is -0.380 e. The van der Waals surface area contributed by atoms with Gasteiger partial charge in [0.05, 0.1) is 12.2 Å². The van der Waals surface area contributed by atoms with E-state index in [2.05, 4.69) is 25.8 Å². The zero-order chi connectivity index (χ0) is 13.6. The van der Waals surface area contributed by atoms with E-state index < -0.39 is 0 Å². The average Bonchev–Trinajstić information content (AvgIpc) is 2.38. The maximum atomic E-state index is 6.08. The van der Waals surface area contributed by atoms with Gasteiger partial charge in [0.25, 0.3) is 0 Å². The van der Waals surface area contributed by atoms with Crippen LogP contribution >= 0.6 is 0 Å². The highest BCUT2D eigenvalue weighted by Gasteiger charge is 2.43. The van der Waals surface area contributed by atoms with Gasteiger partial charge in [0.1, 0.15) is 0 Å². The molecule has 0 aliphatic carbocycles. The third-order valence-corrected chi connectivity index (χ3v) is 4.43. The van der Waals surface area contributed by atoms with Crippen LogP contribution in [0.3, 0.4) is 0 Å². The molecular weight excluding hydrogens is 228 g/mol. The quantitative estimate of drug-likeness (QED) is 0.705. The van der Waals surface area contributed by atoms with Crippen LogP contribution in [0.2, 0.25) is 0 Å². The van der Waals surface area contributed by atoms with Crippen LogP contribution in [0, 0.1) is 0 Å². The number of nitrogens with zero attached hydrogens (tertiary/aromatic N) is 1. The predicted molar refractivity (Wildman–Crippen MR) is 74.8 cm³/mol. The van der Waals surface area contributed by atoms with Crippen molar-refractivity contribution in [3.63, 3.8) is 0 Å². The second kappa shape index (κ2) is 6.85. The van der Waals surface area contributed by atoms with Gasteiger partial charge in [-0.05, 0) is 40.2 Å². The van der Waals surface area contributed by atoms with Crippen LogP contribution in [0.4, 0.5) is 0 Å². The second-order valence-corrected chi connectivity index (χ2v) is 5.63. The van der Waals surface area contributed by atoms with Gasteiger partial charge in [0.15, 0.2) is 0 Å². The van der Waals surface area contributed by atoms with Crippen LogP contribution in [0.5, 0.6) is 0 Å². The minimum absolute atomic E-state index is 0.0303. The SMILES string of the molecule is CCOCCN(C)C1(CN)CCOC(C)(CC)C1. The van der Waals surface area contributed by atoms with E-state index in [1.165, 1.54) is 0 Å². The summed E-state index contributed by atoms with van der Waals surface area (Å²) in [7, 11) is 2.16. The minimum atomic E-state index is -0.0303. The van der Waals surface area contributed by atoms with Crippen LogP contribution in [-0.4, -0.2) is 56.0 Å². The summed E-state index contributed by atoms with van der Waals surface area (Å²) in [5, 5.41) is 0. The first kappa shape index (κ1) is 15.9. The lowest BCUT2D eigenvalue weighted by Gasteiger charge is -2.50. The van der Waals surface area contributed by atoms with E-state index in [0.29, 0.717) is 6.54 Å². The first-order valence-corrected chi connectivity index (χ1v) is 7.15. The molecule has 2 unspecified atom stereocenters. The fraction of sp³-hybridized carbons (Fsp3) is 1.00. The molecule has 1 heterocycles. The lowest BCUT2D eigenvalue weighted by atomic mass is 9.78. The summed E-state index contributed by atoms with van der Waals surface area (Å²) in [6.07, 6.45) is 3.06. The van der Waals surface area contributed by atoms with Gasteiger partial charge in [0.2, 0.25) is 0 Å². The Bertz CT molecular complexity index is 250. The van der Waals surface area contributed by atoms with Gasteiger partial charge in [-0.2, -0.15) is 0 Å². The molecule has 108 valence electrons. The van der Waals surface area contributed by atoms with Gasteiger partial charge in [-0.25, -0.2) is 0 Å². The molecule has 4 nitrogen and oxygen atoms in total. The summed E-state index contributed by atoms with van der Waals surface area (Å²) in [6.45, 7) is 10.4. The molecule has 4 heteroatoms. The van der Waals surface area contributed by atoms with Crippen LogP contribution in [0.1, 0.15) is 40.0 Å². The smallest absolute Gasteiger partial charge is 0.0670 e. The Morgan fingerprint density at radius 2 is 2.11 bits per heavy atom. The number of hydrogen-bond donors (Lipinski definition) is 1. The van der Waals surface area contributed by atoms with E-state index in [-0.39, 0.29) is 11.1 Å². The monoisotopic (exact) mass is 258 g/mol. The highest BCUT2D eigenvalue weighted by atomic mass is 16.5. The van der Waals surface area contributed by atoms with Gasteiger partial charge in [-0.15, -0.1) is 0 Å². The van der Waals surface area contributed by atoms with Crippen LogP contribution in [-0.2, 0) is 9.47 Å². The molecular formula is C14H30N2O2. The number of hydrogen-bond acceptors (Lipinski definition) is 4. The molecule has 1 fully saturated rings. The van der Waals surface area contributed by atoms with Crippen LogP contribution < -0.4 is 5.73 Å². The zero-order valence-electron chi connectivity index (χ0n) is 12.5. The first-order chi connectivity index (χ1) is 8.52. The molecule has 1 aliphatic rings. The van der Waals surface area contributed by atoms with Crippen LogP contribution in [0.25, 0.3) is 0 Å². The Labute approximate surface area is 112 Å². The summed E-state index contributed by atoms with van der Waals surface area (Å²) in [5.41, 5.74) is 6.12. The molecule has 0 spiro atoms. The number of ether oxygens (including phenoxy) is 2. The van der Waals surface area contributed by atoms with Crippen molar-refractivity contribution in [2.24, 2.45) is 5.73 Å². The second-order valence-electron chi connectivity index (χ2n) is 5.63. The molecule has 0 amide bonds. The average molecular weight is 258 g/mol. The molecule has 1 aliphatic heterocycles. The van der Waals surface area contributed by atoms with Gasteiger partial charge in [0, 0.05) is 31.8 Å². The van der Waals surface area contributed by atoms with E-state index in [9.17, 15) is 0 Å². The van der Waals surface area contributed by atoms with Crippen LogP contribution in [0.15, 0.2) is 0 Å². The summed E-state index contributed by atoms with van der Waals surface area (Å²) in [4.78, 5) is 2.37. The third kappa shape index (κ3) is 3.67. The molecule has 2 atom stereocenters. The maximum Gasteiger partial charge on any atom is 0.0670 e. The molecule has 0 aromatic carbocycles. The maximum absolute atomic E-state index is 6.08. The van der Waals surface area contributed by atoms with Gasteiger partial charge >= 0.3 is 0 Å². The topological polar surface area (TPSA) is 47.7 Å². The lowest BCUT2D eigenvalue weighted by molar-refractivity contribution is -0.126. The predicted octanol–water partition coefficient (Wildman–Crippen LogP) is 1.63. The zero-order valence-corrected chi connectivity index (χ0v) is 12.5. The molecule has 0 radical (unpaired) electrons. The summed E-state index contributed by atoms with van der Waals surface area (Å²) in [6, 6.07) is 0. The van der Waals surface area contributed by atoms with Crippen molar-refractivity contribution in [3.8, 4) is 0 Å². The Kier molecular flexibility index (Phi) is 6.05. The fourth-order valence-electron chi connectivity index (χ4n) is 2.79. The Morgan fingerprint density at radius 1 is 1.39 bits per heavy atom. The molecule has 1 saturated heterocycles. The standard InChI is InChI=1S/C14H30N2O2/c1-5-13(3)11-14(12-15,7-9-18-13)16(4)8-10-17-6-2/h5-12,15H2,1-4H3. The van der Waals surface area contributed by atoms with Crippen molar-refractivity contribution < 1.29 is 9.47 Å². The Hall–Kier alpha value is -0.160. The van der Waals surface area contributed by atoms with Gasteiger partial charge in [-0.3, -0.25) is 4.90 Å². The number of rotatable bonds is 7. The van der Waals surface area contributed by atoms with Crippen molar-refractivity contribution in [1.29, 1.82) is 0 Å². The third-order valence-electron chi connectivity index (χ3n) is 4.43. The largest absolute Gasteiger partial charge is 0.380 e. The van der Waals surface area contributed by atoms with E-state index in [1.54, 1.807) is 0 Å². The first-order valence-electron chi connectivity index (χ1n) is 7.15. The van der Waals surface area contributed by atoms with Gasteiger partial charge < -0.3 is 15.2 Å². The summed E-state index contributed by atoms with van der Waals surface area (Å²) >= 11 is 0. The molecule has 0 bridgehead atoms.